The van der Waals surface area contributed by atoms with Gasteiger partial charge < -0.3 is 10.6 Å². The largest absolute Gasteiger partial charge is 0.392 e. The number of carbonyl (C=O) groups is 1. The Balaban J connectivity index is 2.39. The second kappa shape index (κ2) is 5.36. The molecular formula is C13H16N4OS. The third kappa shape index (κ3) is 2.73. The van der Waals surface area contributed by atoms with Crippen LogP contribution in [0.25, 0.3) is 5.52 Å². The lowest BCUT2D eigenvalue weighted by Crippen LogP contribution is -2.42. The second-order valence-corrected chi connectivity index (χ2v) is 5.11. The average molecular weight is 276 g/mol. The lowest BCUT2D eigenvalue weighted by molar-refractivity contribution is 0.0738. The van der Waals surface area contributed by atoms with Crippen LogP contribution in [0.1, 0.15) is 24.2 Å². The molecule has 0 aliphatic carbocycles. The zero-order chi connectivity index (χ0) is 14.0. The van der Waals surface area contributed by atoms with Gasteiger partial charge in [-0.25, -0.2) is 4.52 Å². The van der Waals surface area contributed by atoms with Crippen molar-refractivity contribution >= 4 is 28.6 Å². The van der Waals surface area contributed by atoms with Crippen molar-refractivity contribution in [2.24, 2.45) is 5.73 Å². The van der Waals surface area contributed by atoms with E-state index in [2.05, 4.69) is 5.10 Å². The Morgan fingerprint density at radius 3 is 2.89 bits per heavy atom. The highest BCUT2D eigenvalue weighted by Gasteiger charge is 2.22. The minimum Gasteiger partial charge on any atom is -0.392 e. The molecule has 19 heavy (non-hydrogen) atoms. The molecule has 2 rings (SSSR count). The number of aromatic nitrogens is 2. The maximum absolute atomic E-state index is 12.6. The average Bonchev–Trinajstić information content (AvgIpc) is 2.78. The van der Waals surface area contributed by atoms with Gasteiger partial charge in [0, 0.05) is 12.2 Å². The summed E-state index contributed by atoms with van der Waals surface area (Å²) in [7, 11) is 0. The van der Waals surface area contributed by atoms with Crippen molar-refractivity contribution in [1.29, 1.82) is 0 Å². The zero-order valence-electron chi connectivity index (χ0n) is 10.9. The molecule has 0 aromatic carbocycles. The van der Waals surface area contributed by atoms with Gasteiger partial charge in [-0.3, -0.25) is 4.79 Å². The molecule has 0 fully saturated rings. The number of carbonyl (C=O) groups excluding carboxylic acids is 1. The summed E-state index contributed by atoms with van der Waals surface area (Å²) in [6.07, 6.45) is 3.38. The zero-order valence-corrected chi connectivity index (χ0v) is 11.7. The van der Waals surface area contributed by atoms with E-state index in [1.54, 1.807) is 21.8 Å². The summed E-state index contributed by atoms with van der Waals surface area (Å²) in [6.45, 7) is 4.14. The van der Waals surface area contributed by atoms with Gasteiger partial charge in [-0.2, -0.15) is 5.10 Å². The summed E-state index contributed by atoms with van der Waals surface area (Å²) >= 11 is 4.90. The SMILES string of the molecule is CC(C)N(CC(N)=S)C(=O)c1cnn2ccccc12. The number of thiocarbonyl (C=S) groups is 1. The number of hydrogen-bond donors (Lipinski definition) is 1. The molecule has 0 saturated heterocycles. The first-order chi connectivity index (χ1) is 9.00. The number of fused-ring (bicyclic) bond motifs is 1. The molecule has 2 N–H and O–H groups in total. The maximum Gasteiger partial charge on any atom is 0.258 e. The van der Waals surface area contributed by atoms with Crippen molar-refractivity contribution < 1.29 is 4.79 Å². The molecular weight excluding hydrogens is 260 g/mol. The van der Waals surface area contributed by atoms with Crippen LogP contribution in [-0.2, 0) is 0 Å². The first-order valence-electron chi connectivity index (χ1n) is 6.02. The van der Waals surface area contributed by atoms with Crippen LogP contribution >= 0.6 is 12.2 Å². The van der Waals surface area contributed by atoms with Gasteiger partial charge in [-0.1, -0.05) is 18.3 Å². The number of hydrogen-bond acceptors (Lipinski definition) is 3. The number of nitrogens with two attached hydrogens (primary N) is 1. The van der Waals surface area contributed by atoms with Gasteiger partial charge in [0.15, 0.2) is 0 Å². The fraction of sp³-hybridized carbons (Fsp3) is 0.308. The predicted octanol–water partition coefficient (Wildman–Crippen LogP) is 1.47. The van der Waals surface area contributed by atoms with E-state index >= 15 is 0 Å². The minimum absolute atomic E-state index is 0.0210. The predicted molar refractivity (Wildman–Crippen MR) is 78.1 cm³/mol. The molecule has 0 aliphatic rings. The summed E-state index contributed by atoms with van der Waals surface area (Å²) < 4.78 is 1.67. The normalized spacial score (nSPS) is 10.9. The van der Waals surface area contributed by atoms with Crippen LogP contribution in [-0.4, -0.2) is 38.0 Å². The third-order valence-corrected chi connectivity index (χ3v) is 3.00. The summed E-state index contributed by atoms with van der Waals surface area (Å²) in [5.74, 6) is -0.107. The molecule has 5 nitrogen and oxygen atoms in total. The van der Waals surface area contributed by atoms with Crippen molar-refractivity contribution in [3.8, 4) is 0 Å². The van der Waals surface area contributed by atoms with Crippen molar-refractivity contribution in [2.75, 3.05) is 6.54 Å². The number of nitrogens with zero attached hydrogens (tertiary/aromatic N) is 3. The monoisotopic (exact) mass is 276 g/mol. The Hall–Kier alpha value is -1.95. The van der Waals surface area contributed by atoms with Crippen molar-refractivity contribution in [2.45, 2.75) is 19.9 Å². The third-order valence-electron chi connectivity index (χ3n) is 2.87. The highest BCUT2D eigenvalue weighted by atomic mass is 32.1. The van der Waals surface area contributed by atoms with E-state index in [4.69, 9.17) is 18.0 Å². The second-order valence-electron chi connectivity index (χ2n) is 4.58. The first kappa shape index (κ1) is 13.5. The summed E-state index contributed by atoms with van der Waals surface area (Å²) in [5, 5.41) is 4.17. The Labute approximate surface area is 117 Å². The van der Waals surface area contributed by atoms with E-state index in [9.17, 15) is 4.79 Å². The summed E-state index contributed by atoms with van der Waals surface area (Å²) in [6, 6.07) is 5.62. The van der Waals surface area contributed by atoms with E-state index in [-0.39, 0.29) is 18.5 Å². The smallest absolute Gasteiger partial charge is 0.258 e. The molecule has 0 atom stereocenters. The van der Waals surface area contributed by atoms with Crippen molar-refractivity contribution in [1.82, 2.24) is 14.5 Å². The van der Waals surface area contributed by atoms with Gasteiger partial charge in [0.1, 0.15) is 0 Å². The van der Waals surface area contributed by atoms with Crippen LogP contribution in [0.5, 0.6) is 0 Å². The van der Waals surface area contributed by atoms with Crippen molar-refractivity contribution in [3.63, 3.8) is 0 Å². The number of amides is 1. The molecule has 0 unspecified atom stereocenters. The highest BCUT2D eigenvalue weighted by Crippen LogP contribution is 2.14. The lowest BCUT2D eigenvalue weighted by Gasteiger charge is -2.25. The Bertz CT molecular complexity index is 620. The number of rotatable bonds is 4. The Morgan fingerprint density at radius 2 is 2.26 bits per heavy atom. The maximum atomic E-state index is 12.6. The molecule has 6 heteroatoms. The molecule has 2 aromatic rings. The van der Waals surface area contributed by atoms with Gasteiger partial charge in [-0.15, -0.1) is 0 Å². The molecule has 2 aromatic heterocycles. The fourth-order valence-electron chi connectivity index (χ4n) is 1.91. The molecule has 0 radical (unpaired) electrons. The van der Waals surface area contributed by atoms with Crippen LogP contribution < -0.4 is 5.73 Å². The molecule has 0 spiro atoms. The first-order valence-corrected chi connectivity index (χ1v) is 6.43. The van der Waals surface area contributed by atoms with Gasteiger partial charge in [-0.05, 0) is 26.0 Å². The summed E-state index contributed by atoms with van der Waals surface area (Å²) in [4.78, 5) is 14.5. The Morgan fingerprint density at radius 1 is 1.53 bits per heavy atom. The standard InChI is InChI=1S/C13H16N4OS/c1-9(2)16(8-12(14)19)13(18)10-7-15-17-6-4-3-5-11(10)17/h3-7,9H,8H2,1-2H3,(H2,14,19). The van der Waals surface area contributed by atoms with Gasteiger partial charge in [0.25, 0.3) is 5.91 Å². The van der Waals surface area contributed by atoms with Crippen LogP contribution in [0.2, 0.25) is 0 Å². The quantitative estimate of drug-likeness (QED) is 0.859. The molecule has 0 aliphatic heterocycles. The minimum atomic E-state index is -0.107. The molecule has 1 amide bonds. The Kier molecular flexibility index (Phi) is 3.80. The van der Waals surface area contributed by atoms with Crippen LogP contribution in [0, 0.1) is 0 Å². The van der Waals surface area contributed by atoms with E-state index in [0.717, 1.165) is 5.52 Å². The van der Waals surface area contributed by atoms with Crippen LogP contribution in [0.3, 0.4) is 0 Å². The molecule has 2 heterocycles. The lowest BCUT2D eigenvalue weighted by atomic mass is 10.2. The van der Waals surface area contributed by atoms with Crippen LogP contribution in [0.15, 0.2) is 30.6 Å². The van der Waals surface area contributed by atoms with E-state index in [1.165, 1.54) is 0 Å². The van der Waals surface area contributed by atoms with E-state index in [1.807, 2.05) is 32.0 Å². The number of pyridine rings is 1. The summed E-state index contributed by atoms with van der Waals surface area (Å²) in [5.41, 5.74) is 6.89. The van der Waals surface area contributed by atoms with Gasteiger partial charge in [0.2, 0.25) is 0 Å². The van der Waals surface area contributed by atoms with E-state index < -0.39 is 0 Å². The fourth-order valence-corrected chi connectivity index (χ4v) is 2.05. The molecule has 100 valence electrons. The van der Waals surface area contributed by atoms with Gasteiger partial charge in [0.05, 0.1) is 28.8 Å². The van der Waals surface area contributed by atoms with Crippen LogP contribution in [0.4, 0.5) is 0 Å². The molecule has 0 bridgehead atoms. The molecule has 0 saturated carbocycles. The van der Waals surface area contributed by atoms with E-state index in [0.29, 0.717) is 10.6 Å². The highest BCUT2D eigenvalue weighted by molar-refractivity contribution is 7.80. The van der Waals surface area contributed by atoms with Crippen molar-refractivity contribution in [3.05, 3.63) is 36.2 Å². The van der Waals surface area contributed by atoms with Gasteiger partial charge >= 0.3 is 0 Å². The topological polar surface area (TPSA) is 63.6 Å².